The van der Waals surface area contributed by atoms with Crippen LogP contribution in [0.5, 0.6) is 0 Å². The molecule has 4 nitrogen and oxygen atoms in total. The fourth-order valence-electron chi connectivity index (χ4n) is 6.28. The van der Waals surface area contributed by atoms with Crippen LogP contribution < -0.4 is 10.6 Å². The minimum atomic E-state index is -0.800. The van der Waals surface area contributed by atoms with E-state index in [0.29, 0.717) is 11.8 Å². The number of aliphatic hydroxyl groups is 1. The molecule has 1 aliphatic heterocycles. The third-order valence-electron chi connectivity index (χ3n) is 8.73. The van der Waals surface area contributed by atoms with Crippen LogP contribution in [0.2, 0.25) is 0 Å². The highest BCUT2D eigenvalue weighted by molar-refractivity contribution is 6.21. The summed E-state index contributed by atoms with van der Waals surface area (Å²) in [5, 5.41) is 17.8. The number of rotatable bonds is 4. The Balaban J connectivity index is 1.91. The van der Waals surface area contributed by atoms with Gasteiger partial charge in [-0.15, -0.1) is 11.6 Å². The maximum Gasteiger partial charge on any atom is 0.0785 e. The molecule has 1 heterocycles. The van der Waals surface area contributed by atoms with Crippen LogP contribution in [0.25, 0.3) is 0 Å². The average molecular weight is 401 g/mol. The van der Waals surface area contributed by atoms with Gasteiger partial charge in [0.25, 0.3) is 0 Å². The zero-order chi connectivity index (χ0) is 20.3. The van der Waals surface area contributed by atoms with E-state index in [0.717, 1.165) is 38.5 Å². The van der Waals surface area contributed by atoms with Gasteiger partial charge in [-0.05, 0) is 105 Å². The summed E-state index contributed by atoms with van der Waals surface area (Å²) in [6.45, 7) is 11.0. The molecular formula is C22H41ClN2O2. The fraction of sp³-hybridized carbons (Fsp3) is 1.00. The van der Waals surface area contributed by atoms with Crippen LogP contribution in [0, 0.1) is 17.8 Å². The number of fused-ring (bicyclic) bond motifs is 1. The van der Waals surface area contributed by atoms with Crippen LogP contribution in [-0.4, -0.2) is 53.0 Å². The molecule has 0 aromatic carbocycles. The highest BCUT2D eigenvalue weighted by Gasteiger charge is 2.60. The van der Waals surface area contributed by atoms with Gasteiger partial charge in [-0.1, -0.05) is 0 Å². The summed E-state index contributed by atoms with van der Waals surface area (Å²) in [4.78, 5) is 0. The van der Waals surface area contributed by atoms with Gasteiger partial charge < -0.3 is 20.5 Å². The van der Waals surface area contributed by atoms with Crippen LogP contribution in [0.3, 0.4) is 0 Å². The van der Waals surface area contributed by atoms with Crippen molar-refractivity contribution in [3.8, 4) is 0 Å². The van der Waals surface area contributed by atoms with Crippen molar-refractivity contribution in [2.24, 2.45) is 17.8 Å². The van der Waals surface area contributed by atoms with E-state index in [1.54, 1.807) is 0 Å². The number of ether oxygens (including phenoxy) is 1. The van der Waals surface area contributed by atoms with E-state index >= 15 is 0 Å². The Bertz CT molecular complexity index is 554. The Kier molecular flexibility index (Phi) is 5.76. The molecule has 3 rings (SSSR count). The molecule has 3 aliphatic rings. The van der Waals surface area contributed by atoms with Gasteiger partial charge in [-0.2, -0.15) is 0 Å². The van der Waals surface area contributed by atoms with E-state index in [1.165, 1.54) is 0 Å². The lowest BCUT2D eigenvalue weighted by Crippen LogP contribution is -2.64. The van der Waals surface area contributed by atoms with E-state index in [1.807, 2.05) is 14.0 Å². The lowest BCUT2D eigenvalue weighted by Gasteiger charge is -2.59. The molecule has 8 unspecified atom stereocenters. The van der Waals surface area contributed by atoms with E-state index in [9.17, 15) is 5.11 Å². The third kappa shape index (κ3) is 3.59. The van der Waals surface area contributed by atoms with Crippen LogP contribution in [0.1, 0.15) is 73.1 Å². The number of likely N-dealkylation sites (N-methyl/N-ethyl adjacent to an activating group) is 1. The van der Waals surface area contributed by atoms with Crippen molar-refractivity contribution in [2.45, 2.75) is 107 Å². The van der Waals surface area contributed by atoms with Crippen molar-refractivity contribution in [1.29, 1.82) is 0 Å². The van der Waals surface area contributed by atoms with Gasteiger partial charge in [0.15, 0.2) is 0 Å². The zero-order valence-corrected chi connectivity index (χ0v) is 19.1. The molecule has 1 saturated heterocycles. The summed E-state index contributed by atoms with van der Waals surface area (Å²) in [5.74, 6) is 1.12. The SMILES string of the molecule is CNC(C)(C)C1CCC(C)(C2CCC(C)(NC)C3CCC(C)(O)C(Cl)C32)O1. The molecule has 0 spiro atoms. The number of alkyl halides is 1. The van der Waals surface area contributed by atoms with Crippen LogP contribution >= 0.6 is 11.6 Å². The van der Waals surface area contributed by atoms with Gasteiger partial charge >= 0.3 is 0 Å². The highest BCUT2D eigenvalue weighted by Crippen LogP contribution is 2.58. The summed E-state index contributed by atoms with van der Waals surface area (Å²) in [6, 6.07) is 0. The Hall–Kier alpha value is 0.130. The Labute approximate surface area is 171 Å². The Morgan fingerprint density at radius 2 is 1.63 bits per heavy atom. The third-order valence-corrected chi connectivity index (χ3v) is 9.50. The molecule has 0 amide bonds. The maximum atomic E-state index is 11.0. The normalized spacial score (nSPS) is 51.2. The first-order valence-electron chi connectivity index (χ1n) is 10.8. The molecule has 2 aliphatic carbocycles. The first-order valence-corrected chi connectivity index (χ1v) is 11.3. The van der Waals surface area contributed by atoms with Crippen molar-refractivity contribution in [3.63, 3.8) is 0 Å². The molecule has 158 valence electrons. The predicted octanol–water partition coefficient (Wildman–Crippen LogP) is 3.69. The number of hydrogen-bond acceptors (Lipinski definition) is 4. The van der Waals surface area contributed by atoms with Gasteiger partial charge in [-0.3, -0.25) is 0 Å². The van der Waals surface area contributed by atoms with E-state index in [2.05, 4.69) is 45.4 Å². The maximum absolute atomic E-state index is 11.0. The minimum Gasteiger partial charge on any atom is -0.389 e. The van der Waals surface area contributed by atoms with Crippen molar-refractivity contribution in [2.75, 3.05) is 14.1 Å². The summed E-state index contributed by atoms with van der Waals surface area (Å²) in [7, 11) is 4.09. The molecule has 3 N–H and O–H groups in total. The molecule has 2 saturated carbocycles. The quantitative estimate of drug-likeness (QED) is 0.630. The standard InChI is InChI=1S/C22H41ClN2O2/c1-19(2,24-6)16-10-13-22(5,27-16)15-8-11-20(3,25-7)14-9-12-21(4,26)18(23)17(14)15/h14-18,24-26H,8-13H2,1-7H3. The molecule has 0 bridgehead atoms. The monoisotopic (exact) mass is 400 g/mol. The largest absolute Gasteiger partial charge is 0.389 e. The molecule has 8 atom stereocenters. The number of nitrogens with one attached hydrogen (secondary N) is 2. The summed E-state index contributed by atoms with van der Waals surface area (Å²) >= 11 is 7.01. The molecule has 27 heavy (non-hydrogen) atoms. The molecule has 5 heteroatoms. The Morgan fingerprint density at radius 1 is 1.00 bits per heavy atom. The van der Waals surface area contributed by atoms with E-state index in [-0.39, 0.29) is 34.1 Å². The van der Waals surface area contributed by atoms with Gasteiger partial charge in [0.1, 0.15) is 0 Å². The second kappa shape index (κ2) is 7.12. The number of hydrogen-bond donors (Lipinski definition) is 3. The molecule has 0 aromatic rings. The topological polar surface area (TPSA) is 53.5 Å². The second-order valence-electron chi connectivity index (χ2n) is 10.7. The lowest BCUT2D eigenvalue weighted by molar-refractivity contribution is -0.152. The molecular weight excluding hydrogens is 360 g/mol. The first-order chi connectivity index (χ1) is 12.4. The van der Waals surface area contributed by atoms with Crippen molar-refractivity contribution < 1.29 is 9.84 Å². The predicted molar refractivity (Wildman–Crippen MR) is 112 cm³/mol. The fourth-order valence-corrected chi connectivity index (χ4v) is 6.74. The van der Waals surface area contributed by atoms with Crippen molar-refractivity contribution in [1.82, 2.24) is 10.6 Å². The number of halogens is 1. The molecule has 0 radical (unpaired) electrons. The second-order valence-corrected chi connectivity index (χ2v) is 11.2. The zero-order valence-electron chi connectivity index (χ0n) is 18.4. The Morgan fingerprint density at radius 3 is 2.22 bits per heavy atom. The van der Waals surface area contributed by atoms with Gasteiger partial charge in [0.2, 0.25) is 0 Å². The molecule has 3 fully saturated rings. The lowest BCUT2D eigenvalue weighted by atomic mass is 9.52. The van der Waals surface area contributed by atoms with E-state index < -0.39 is 5.60 Å². The minimum absolute atomic E-state index is 0.0380. The van der Waals surface area contributed by atoms with Gasteiger partial charge in [0, 0.05) is 11.1 Å². The van der Waals surface area contributed by atoms with Crippen molar-refractivity contribution in [3.05, 3.63) is 0 Å². The van der Waals surface area contributed by atoms with Crippen LogP contribution in [-0.2, 0) is 4.74 Å². The van der Waals surface area contributed by atoms with Gasteiger partial charge in [0.05, 0.1) is 22.7 Å². The summed E-state index contributed by atoms with van der Waals surface area (Å²) in [5.41, 5.74) is -0.921. The van der Waals surface area contributed by atoms with Crippen LogP contribution in [0.15, 0.2) is 0 Å². The smallest absolute Gasteiger partial charge is 0.0785 e. The molecule has 0 aromatic heterocycles. The average Bonchev–Trinajstić information content (AvgIpc) is 3.02. The summed E-state index contributed by atoms with van der Waals surface area (Å²) < 4.78 is 6.79. The van der Waals surface area contributed by atoms with Crippen molar-refractivity contribution >= 4 is 11.6 Å². The highest BCUT2D eigenvalue weighted by atomic mass is 35.5. The van der Waals surface area contributed by atoms with Crippen LogP contribution in [0.4, 0.5) is 0 Å². The van der Waals surface area contributed by atoms with E-state index in [4.69, 9.17) is 16.3 Å². The first kappa shape index (κ1) is 21.8. The summed E-state index contributed by atoms with van der Waals surface area (Å²) in [6.07, 6.45) is 6.39. The van der Waals surface area contributed by atoms with Gasteiger partial charge in [-0.25, -0.2) is 0 Å².